The molecule has 1 unspecified atom stereocenters. The van der Waals surface area contributed by atoms with Gasteiger partial charge in [0.05, 0.1) is 19.3 Å². The van der Waals surface area contributed by atoms with Gasteiger partial charge in [-0.05, 0) is 29.2 Å². The first kappa shape index (κ1) is 21.3. The Morgan fingerprint density at radius 1 is 1.08 bits per heavy atom. The quantitative estimate of drug-likeness (QED) is 0.739. The standard InChI is InChI=1S/C20H27NO3.ClH/c1-4-14(2)20(22)19(21)16-10-11-17(23-3)18(12-16)24-13-15-8-6-5-7-9-15;/h5-12,14,19-20,22H,4,13,21H2,1-3H3;1H/t14?,19-,20+;/m1./s1. The van der Waals surface area contributed by atoms with E-state index in [2.05, 4.69) is 0 Å². The lowest BCUT2D eigenvalue weighted by Gasteiger charge is -2.25. The first-order chi connectivity index (χ1) is 11.6. The van der Waals surface area contributed by atoms with Gasteiger partial charge in [0, 0.05) is 0 Å². The van der Waals surface area contributed by atoms with Gasteiger partial charge in [0.25, 0.3) is 0 Å². The van der Waals surface area contributed by atoms with Crippen LogP contribution in [0.25, 0.3) is 0 Å². The molecule has 0 saturated carbocycles. The Morgan fingerprint density at radius 2 is 1.76 bits per heavy atom. The van der Waals surface area contributed by atoms with Crippen LogP contribution < -0.4 is 15.2 Å². The molecule has 3 N–H and O–H groups in total. The Labute approximate surface area is 156 Å². The highest BCUT2D eigenvalue weighted by Crippen LogP contribution is 2.32. The molecule has 138 valence electrons. The van der Waals surface area contributed by atoms with Crippen molar-refractivity contribution >= 4 is 12.4 Å². The second-order valence-electron chi connectivity index (χ2n) is 6.09. The highest BCUT2D eigenvalue weighted by Gasteiger charge is 2.23. The second kappa shape index (κ2) is 10.3. The molecule has 0 spiro atoms. The Hall–Kier alpha value is -1.75. The minimum Gasteiger partial charge on any atom is -0.493 e. The Kier molecular flexibility index (Phi) is 8.76. The van der Waals surface area contributed by atoms with Crippen molar-refractivity contribution in [3.63, 3.8) is 0 Å². The molecule has 0 amide bonds. The maximum absolute atomic E-state index is 10.4. The van der Waals surface area contributed by atoms with Crippen molar-refractivity contribution in [3.05, 3.63) is 59.7 Å². The summed E-state index contributed by atoms with van der Waals surface area (Å²) in [7, 11) is 1.61. The number of nitrogens with two attached hydrogens (primary N) is 1. The summed E-state index contributed by atoms with van der Waals surface area (Å²) in [5, 5.41) is 10.4. The summed E-state index contributed by atoms with van der Waals surface area (Å²) >= 11 is 0. The third-order valence-electron chi connectivity index (χ3n) is 4.40. The van der Waals surface area contributed by atoms with Crippen LogP contribution in [0.1, 0.15) is 37.4 Å². The molecule has 0 bridgehead atoms. The molecule has 0 fully saturated rings. The summed E-state index contributed by atoms with van der Waals surface area (Å²) in [5.41, 5.74) is 8.15. The lowest BCUT2D eigenvalue weighted by Crippen LogP contribution is -2.31. The maximum atomic E-state index is 10.4. The Balaban J connectivity index is 0.00000312. The Bertz CT molecular complexity index is 636. The Morgan fingerprint density at radius 3 is 2.36 bits per heavy atom. The average molecular weight is 366 g/mol. The van der Waals surface area contributed by atoms with Gasteiger partial charge >= 0.3 is 0 Å². The van der Waals surface area contributed by atoms with E-state index in [1.165, 1.54) is 0 Å². The van der Waals surface area contributed by atoms with Crippen LogP contribution in [0.15, 0.2) is 48.5 Å². The van der Waals surface area contributed by atoms with Crippen molar-refractivity contribution in [1.82, 2.24) is 0 Å². The SMILES string of the molecule is CCC(C)[C@H](O)[C@H](N)c1ccc(OC)c(OCc2ccccc2)c1.Cl. The largest absolute Gasteiger partial charge is 0.493 e. The zero-order chi connectivity index (χ0) is 17.5. The molecule has 0 heterocycles. The summed E-state index contributed by atoms with van der Waals surface area (Å²) < 4.78 is 11.3. The number of aliphatic hydroxyl groups excluding tert-OH is 1. The van der Waals surface area contributed by atoms with Crippen molar-refractivity contribution in [2.24, 2.45) is 11.7 Å². The van der Waals surface area contributed by atoms with Crippen molar-refractivity contribution in [2.75, 3.05) is 7.11 Å². The van der Waals surface area contributed by atoms with Crippen molar-refractivity contribution in [3.8, 4) is 11.5 Å². The minimum atomic E-state index is -0.592. The number of rotatable bonds is 8. The van der Waals surface area contributed by atoms with Gasteiger partial charge in [-0.25, -0.2) is 0 Å². The van der Waals surface area contributed by atoms with Crippen molar-refractivity contribution < 1.29 is 14.6 Å². The van der Waals surface area contributed by atoms with Crippen molar-refractivity contribution in [1.29, 1.82) is 0 Å². The molecular weight excluding hydrogens is 338 g/mol. The molecule has 4 nitrogen and oxygen atoms in total. The fraction of sp³-hybridized carbons (Fsp3) is 0.400. The van der Waals surface area contributed by atoms with Crippen LogP contribution in [0.2, 0.25) is 0 Å². The number of methoxy groups -OCH3 is 1. The fourth-order valence-electron chi connectivity index (χ4n) is 2.54. The van der Waals surface area contributed by atoms with Gasteiger partial charge in [-0.15, -0.1) is 12.4 Å². The zero-order valence-electron chi connectivity index (χ0n) is 15.0. The molecule has 2 rings (SSSR count). The van der Waals surface area contributed by atoms with Gasteiger partial charge in [-0.1, -0.05) is 56.7 Å². The molecule has 0 aliphatic carbocycles. The lowest BCUT2D eigenvalue weighted by molar-refractivity contribution is 0.0878. The predicted octanol–water partition coefficient (Wildman–Crippen LogP) is 4.10. The molecule has 25 heavy (non-hydrogen) atoms. The molecule has 0 saturated heterocycles. The molecule has 2 aromatic rings. The van der Waals surface area contributed by atoms with Gasteiger partial charge in [0.2, 0.25) is 0 Å². The van der Waals surface area contributed by atoms with E-state index in [0.29, 0.717) is 18.1 Å². The van der Waals surface area contributed by atoms with E-state index in [9.17, 15) is 5.11 Å². The van der Waals surface area contributed by atoms with Gasteiger partial charge in [-0.3, -0.25) is 0 Å². The molecule has 3 atom stereocenters. The normalized spacial score (nSPS) is 14.1. The van der Waals surface area contributed by atoms with E-state index in [0.717, 1.165) is 17.5 Å². The third-order valence-corrected chi connectivity index (χ3v) is 4.40. The van der Waals surface area contributed by atoms with E-state index in [4.69, 9.17) is 15.2 Å². The van der Waals surface area contributed by atoms with Crippen molar-refractivity contribution in [2.45, 2.75) is 39.0 Å². The second-order valence-corrected chi connectivity index (χ2v) is 6.09. The summed E-state index contributed by atoms with van der Waals surface area (Å²) in [6, 6.07) is 15.1. The van der Waals surface area contributed by atoms with Crippen LogP contribution in [-0.4, -0.2) is 18.3 Å². The smallest absolute Gasteiger partial charge is 0.161 e. The molecule has 0 aromatic heterocycles. The maximum Gasteiger partial charge on any atom is 0.161 e. The average Bonchev–Trinajstić information content (AvgIpc) is 2.65. The van der Waals surface area contributed by atoms with E-state index in [1.807, 2.05) is 62.4 Å². The zero-order valence-corrected chi connectivity index (χ0v) is 15.8. The number of hydrogen-bond donors (Lipinski definition) is 2. The summed E-state index contributed by atoms with van der Waals surface area (Å²) in [6.07, 6.45) is 0.285. The lowest BCUT2D eigenvalue weighted by atomic mass is 9.91. The topological polar surface area (TPSA) is 64.7 Å². The van der Waals surface area contributed by atoms with Gasteiger partial charge in [0.1, 0.15) is 6.61 Å². The van der Waals surface area contributed by atoms with Crippen LogP contribution >= 0.6 is 12.4 Å². The van der Waals surface area contributed by atoms with Gasteiger partial charge < -0.3 is 20.3 Å². The first-order valence-electron chi connectivity index (χ1n) is 8.35. The van der Waals surface area contributed by atoms with E-state index in [1.54, 1.807) is 7.11 Å². The van der Waals surface area contributed by atoms with E-state index >= 15 is 0 Å². The number of halogens is 1. The van der Waals surface area contributed by atoms with Crippen LogP contribution in [0, 0.1) is 5.92 Å². The number of hydrogen-bond acceptors (Lipinski definition) is 4. The molecule has 5 heteroatoms. The summed E-state index contributed by atoms with van der Waals surface area (Å²) in [4.78, 5) is 0. The monoisotopic (exact) mass is 365 g/mol. The van der Waals surface area contributed by atoms with Crippen LogP contribution in [0.3, 0.4) is 0 Å². The van der Waals surface area contributed by atoms with Crippen LogP contribution in [-0.2, 0) is 6.61 Å². The fourth-order valence-corrected chi connectivity index (χ4v) is 2.54. The summed E-state index contributed by atoms with van der Waals surface area (Å²) in [6.45, 7) is 4.49. The minimum absolute atomic E-state index is 0. The third kappa shape index (κ3) is 5.63. The molecule has 2 aromatic carbocycles. The predicted molar refractivity (Wildman–Crippen MR) is 103 cm³/mol. The molecule has 0 aliphatic rings. The number of ether oxygens (including phenoxy) is 2. The molecular formula is C20H28ClNO3. The van der Waals surface area contributed by atoms with Gasteiger partial charge in [0.15, 0.2) is 11.5 Å². The first-order valence-corrected chi connectivity index (χ1v) is 8.35. The van der Waals surface area contributed by atoms with Crippen LogP contribution in [0.5, 0.6) is 11.5 Å². The van der Waals surface area contributed by atoms with E-state index < -0.39 is 12.1 Å². The molecule has 0 aliphatic heterocycles. The number of aliphatic hydroxyl groups is 1. The highest BCUT2D eigenvalue weighted by molar-refractivity contribution is 5.85. The van der Waals surface area contributed by atoms with Gasteiger partial charge in [-0.2, -0.15) is 0 Å². The van der Waals surface area contributed by atoms with E-state index in [-0.39, 0.29) is 18.3 Å². The number of benzene rings is 2. The highest BCUT2D eigenvalue weighted by atomic mass is 35.5. The van der Waals surface area contributed by atoms with Crippen LogP contribution in [0.4, 0.5) is 0 Å². The summed E-state index contributed by atoms with van der Waals surface area (Å²) in [5.74, 6) is 1.42. The molecule has 0 radical (unpaired) electrons.